The molecule has 0 spiro atoms. The van der Waals surface area contributed by atoms with Crippen LogP contribution in [0.15, 0.2) is 18.2 Å². The van der Waals surface area contributed by atoms with E-state index in [2.05, 4.69) is 26.1 Å². The van der Waals surface area contributed by atoms with Crippen LogP contribution < -0.4 is 5.32 Å². The van der Waals surface area contributed by atoms with Crippen molar-refractivity contribution in [3.8, 4) is 0 Å². The lowest BCUT2D eigenvalue weighted by Gasteiger charge is -2.25. The summed E-state index contributed by atoms with van der Waals surface area (Å²) in [7, 11) is 0. The summed E-state index contributed by atoms with van der Waals surface area (Å²) in [6, 6.07) is 5.17. The van der Waals surface area contributed by atoms with Crippen molar-refractivity contribution < 1.29 is 4.39 Å². The van der Waals surface area contributed by atoms with E-state index in [-0.39, 0.29) is 11.9 Å². The molecule has 0 saturated carbocycles. The van der Waals surface area contributed by atoms with Gasteiger partial charge in [-0.3, -0.25) is 0 Å². The van der Waals surface area contributed by atoms with Crippen molar-refractivity contribution in [3.05, 3.63) is 34.6 Å². The van der Waals surface area contributed by atoms with Gasteiger partial charge < -0.3 is 5.32 Å². The van der Waals surface area contributed by atoms with Gasteiger partial charge in [-0.25, -0.2) is 4.39 Å². The fraction of sp³-hybridized carbons (Fsp3) is 0.600. The van der Waals surface area contributed by atoms with Gasteiger partial charge in [0.1, 0.15) is 5.82 Å². The molecule has 0 fully saturated rings. The van der Waals surface area contributed by atoms with Crippen LogP contribution in [0.25, 0.3) is 0 Å². The molecule has 0 radical (unpaired) electrons. The summed E-state index contributed by atoms with van der Waals surface area (Å²) in [6.07, 6.45) is 2.94. The first-order chi connectivity index (χ1) is 8.60. The highest BCUT2D eigenvalue weighted by Crippen LogP contribution is 2.23. The van der Waals surface area contributed by atoms with Crippen LogP contribution in [0.1, 0.15) is 39.2 Å². The fourth-order valence-electron chi connectivity index (χ4n) is 2.34. The molecule has 102 valence electrons. The second-order valence-electron chi connectivity index (χ2n) is 4.83. The molecule has 3 heteroatoms. The molecule has 1 nitrogen and oxygen atoms in total. The smallest absolute Gasteiger partial charge is 0.127 e. The zero-order valence-corrected chi connectivity index (χ0v) is 12.2. The molecule has 1 aromatic carbocycles. The first-order valence-electron chi connectivity index (χ1n) is 6.76. The van der Waals surface area contributed by atoms with Crippen LogP contribution in [0.2, 0.25) is 5.02 Å². The summed E-state index contributed by atoms with van der Waals surface area (Å²) in [5.41, 5.74) is 0.632. The molecule has 0 amide bonds. The van der Waals surface area contributed by atoms with E-state index in [0.29, 0.717) is 22.9 Å². The summed E-state index contributed by atoms with van der Waals surface area (Å²) in [4.78, 5) is 0. The van der Waals surface area contributed by atoms with E-state index in [0.717, 1.165) is 19.4 Å². The Kier molecular flexibility index (Phi) is 6.66. The third-order valence-corrected chi connectivity index (χ3v) is 3.74. The van der Waals surface area contributed by atoms with Gasteiger partial charge in [0.25, 0.3) is 0 Å². The normalized spacial score (nSPS) is 14.5. The average molecular weight is 272 g/mol. The van der Waals surface area contributed by atoms with E-state index in [1.807, 2.05) is 0 Å². The van der Waals surface area contributed by atoms with Crippen LogP contribution in [0.3, 0.4) is 0 Å². The van der Waals surface area contributed by atoms with Crippen LogP contribution in [0.5, 0.6) is 0 Å². The molecule has 18 heavy (non-hydrogen) atoms. The molecular formula is C15H23ClFN. The Balaban J connectivity index is 2.82. The maximum absolute atomic E-state index is 13.8. The SMILES string of the molecule is CCCC(C)C(Cc1c(F)cccc1Cl)NCC. The number of hydrogen-bond acceptors (Lipinski definition) is 1. The van der Waals surface area contributed by atoms with Gasteiger partial charge in [0.05, 0.1) is 0 Å². The standard InChI is InChI=1S/C15H23ClFN/c1-4-7-11(3)15(18-5-2)10-12-13(16)8-6-9-14(12)17/h6,8-9,11,15,18H,4-5,7,10H2,1-3H3. The number of hydrogen-bond donors (Lipinski definition) is 1. The van der Waals surface area contributed by atoms with E-state index < -0.39 is 0 Å². The summed E-state index contributed by atoms with van der Waals surface area (Å²) in [6.45, 7) is 7.36. The summed E-state index contributed by atoms with van der Waals surface area (Å²) >= 11 is 6.09. The molecule has 1 N–H and O–H groups in total. The lowest BCUT2D eigenvalue weighted by Crippen LogP contribution is -2.37. The van der Waals surface area contributed by atoms with E-state index in [9.17, 15) is 4.39 Å². The van der Waals surface area contributed by atoms with E-state index >= 15 is 0 Å². The highest BCUT2D eigenvalue weighted by molar-refractivity contribution is 6.31. The Hall–Kier alpha value is -0.600. The maximum Gasteiger partial charge on any atom is 0.127 e. The number of nitrogens with one attached hydrogen (secondary N) is 1. The van der Waals surface area contributed by atoms with Crippen molar-refractivity contribution in [2.45, 2.75) is 46.1 Å². The van der Waals surface area contributed by atoms with Crippen LogP contribution in [0, 0.1) is 11.7 Å². The lowest BCUT2D eigenvalue weighted by atomic mass is 9.91. The topological polar surface area (TPSA) is 12.0 Å². The number of benzene rings is 1. The Bertz CT molecular complexity index is 347. The van der Waals surface area contributed by atoms with Gasteiger partial charge in [0, 0.05) is 16.6 Å². The third-order valence-electron chi connectivity index (χ3n) is 3.38. The van der Waals surface area contributed by atoms with Crippen LogP contribution >= 0.6 is 11.6 Å². The predicted octanol–water partition coefficient (Wildman–Crippen LogP) is 4.44. The van der Waals surface area contributed by atoms with Gasteiger partial charge in [0.15, 0.2) is 0 Å². The molecule has 0 saturated heterocycles. The number of likely N-dealkylation sites (N-methyl/N-ethyl adjacent to an activating group) is 1. The average Bonchev–Trinajstić information content (AvgIpc) is 2.33. The van der Waals surface area contributed by atoms with Gasteiger partial charge in [-0.05, 0) is 37.4 Å². The molecule has 0 aliphatic heterocycles. The van der Waals surface area contributed by atoms with Gasteiger partial charge >= 0.3 is 0 Å². The Morgan fingerprint density at radius 1 is 1.33 bits per heavy atom. The lowest BCUT2D eigenvalue weighted by molar-refractivity contribution is 0.354. The van der Waals surface area contributed by atoms with Crippen LogP contribution in [-0.4, -0.2) is 12.6 Å². The third kappa shape index (κ3) is 4.25. The number of rotatable bonds is 7. The Morgan fingerprint density at radius 2 is 2.06 bits per heavy atom. The Morgan fingerprint density at radius 3 is 2.61 bits per heavy atom. The summed E-state index contributed by atoms with van der Waals surface area (Å²) in [5, 5.41) is 3.97. The van der Waals surface area contributed by atoms with Gasteiger partial charge in [-0.15, -0.1) is 0 Å². The molecule has 0 aliphatic rings. The molecule has 1 aromatic rings. The quantitative estimate of drug-likeness (QED) is 0.773. The minimum Gasteiger partial charge on any atom is -0.314 e. The monoisotopic (exact) mass is 271 g/mol. The molecule has 0 aromatic heterocycles. The second kappa shape index (κ2) is 7.75. The van der Waals surface area contributed by atoms with E-state index in [1.54, 1.807) is 12.1 Å². The highest BCUT2D eigenvalue weighted by Gasteiger charge is 2.19. The second-order valence-corrected chi connectivity index (χ2v) is 5.24. The Labute approximate surface area is 115 Å². The van der Waals surface area contributed by atoms with Gasteiger partial charge in [-0.1, -0.05) is 44.9 Å². The predicted molar refractivity (Wildman–Crippen MR) is 76.7 cm³/mol. The summed E-state index contributed by atoms with van der Waals surface area (Å²) < 4.78 is 13.8. The molecule has 1 rings (SSSR count). The highest BCUT2D eigenvalue weighted by atomic mass is 35.5. The van der Waals surface area contributed by atoms with Crippen LogP contribution in [-0.2, 0) is 6.42 Å². The van der Waals surface area contributed by atoms with Gasteiger partial charge in [0.2, 0.25) is 0 Å². The van der Waals surface area contributed by atoms with Crippen molar-refractivity contribution in [3.63, 3.8) is 0 Å². The first-order valence-corrected chi connectivity index (χ1v) is 7.14. The van der Waals surface area contributed by atoms with E-state index in [4.69, 9.17) is 11.6 Å². The molecule has 0 aliphatic carbocycles. The summed E-state index contributed by atoms with van der Waals surface area (Å²) in [5.74, 6) is 0.319. The van der Waals surface area contributed by atoms with Crippen LogP contribution in [0.4, 0.5) is 4.39 Å². The minimum atomic E-state index is -0.200. The van der Waals surface area contributed by atoms with Crippen molar-refractivity contribution >= 4 is 11.6 Å². The van der Waals surface area contributed by atoms with Crippen molar-refractivity contribution in [1.82, 2.24) is 5.32 Å². The first kappa shape index (κ1) is 15.5. The largest absolute Gasteiger partial charge is 0.314 e. The number of halogens is 2. The molecule has 2 unspecified atom stereocenters. The zero-order valence-electron chi connectivity index (χ0n) is 11.5. The fourth-order valence-corrected chi connectivity index (χ4v) is 2.58. The van der Waals surface area contributed by atoms with Gasteiger partial charge in [-0.2, -0.15) is 0 Å². The molecular weight excluding hydrogens is 249 g/mol. The maximum atomic E-state index is 13.8. The van der Waals surface area contributed by atoms with Crippen molar-refractivity contribution in [2.24, 2.45) is 5.92 Å². The molecule has 0 heterocycles. The molecule has 0 bridgehead atoms. The zero-order chi connectivity index (χ0) is 13.5. The molecule has 2 atom stereocenters. The van der Waals surface area contributed by atoms with Crippen molar-refractivity contribution in [1.29, 1.82) is 0 Å². The van der Waals surface area contributed by atoms with E-state index in [1.165, 1.54) is 6.07 Å². The minimum absolute atomic E-state index is 0.200. The van der Waals surface area contributed by atoms with Crippen molar-refractivity contribution in [2.75, 3.05) is 6.54 Å².